The Morgan fingerprint density at radius 1 is 1.03 bits per heavy atom. The zero-order valence-corrected chi connectivity index (χ0v) is 20.4. The monoisotopic (exact) mass is 476 g/mol. The lowest BCUT2D eigenvalue weighted by Crippen LogP contribution is -2.50. The molecule has 6 heteroatoms. The third kappa shape index (κ3) is 3.64. The highest BCUT2D eigenvalue weighted by Crippen LogP contribution is 2.60. The van der Waals surface area contributed by atoms with Crippen LogP contribution in [0.1, 0.15) is 40.9 Å². The Hall–Kier alpha value is -2.76. The van der Waals surface area contributed by atoms with Gasteiger partial charge in [-0.15, -0.1) is 11.8 Å². The summed E-state index contributed by atoms with van der Waals surface area (Å²) >= 11 is 7.97. The molecule has 3 aromatic carbocycles. The quantitative estimate of drug-likeness (QED) is 0.464. The number of anilines is 1. The highest BCUT2D eigenvalue weighted by atomic mass is 35.5. The van der Waals surface area contributed by atoms with E-state index in [9.17, 15) is 9.59 Å². The Bertz CT molecular complexity index is 1240. The van der Waals surface area contributed by atoms with Crippen molar-refractivity contribution < 1.29 is 9.59 Å². The third-order valence-corrected chi connectivity index (χ3v) is 8.05. The number of halogens is 1. The first kappa shape index (κ1) is 22.1. The highest BCUT2D eigenvalue weighted by Gasteiger charge is 2.63. The second kappa shape index (κ2) is 7.93. The van der Waals surface area contributed by atoms with Gasteiger partial charge in [0.1, 0.15) is 0 Å². The average Bonchev–Trinajstić information content (AvgIpc) is 3.20. The van der Waals surface area contributed by atoms with Gasteiger partial charge in [-0.05, 0) is 56.7 Å². The van der Waals surface area contributed by atoms with Gasteiger partial charge in [0.15, 0.2) is 4.87 Å². The van der Waals surface area contributed by atoms with Gasteiger partial charge >= 0.3 is 0 Å². The number of carbonyl (C=O) groups excluding carboxylic acids is 2. The van der Waals surface area contributed by atoms with Crippen LogP contribution in [-0.4, -0.2) is 28.0 Å². The maximum atomic E-state index is 14.3. The van der Waals surface area contributed by atoms with Crippen molar-refractivity contribution >= 4 is 40.9 Å². The molecule has 5 rings (SSSR count). The Balaban J connectivity index is 1.65. The van der Waals surface area contributed by atoms with Gasteiger partial charge in [-0.25, -0.2) is 0 Å². The minimum Gasteiger partial charge on any atom is -0.310 e. The van der Waals surface area contributed by atoms with Gasteiger partial charge in [0, 0.05) is 27.4 Å². The van der Waals surface area contributed by atoms with Crippen LogP contribution in [0.15, 0.2) is 72.8 Å². The SMILES string of the molecule is Cc1ccc(C(=O)N2CC(C)(C)S[C@@]23C(=O)N(Cc2ccccc2)c2ccc(Cl)cc23)cc1. The minimum absolute atomic E-state index is 0.0975. The van der Waals surface area contributed by atoms with Gasteiger partial charge in [0.2, 0.25) is 0 Å². The molecule has 2 aliphatic rings. The second-order valence-electron chi connectivity index (χ2n) is 9.30. The molecule has 3 aromatic rings. The van der Waals surface area contributed by atoms with Crippen molar-refractivity contribution in [3.05, 3.63) is 100 Å². The predicted molar refractivity (Wildman–Crippen MR) is 135 cm³/mol. The van der Waals surface area contributed by atoms with Gasteiger partial charge in [-0.2, -0.15) is 0 Å². The summed E-state index contributed by atoms with van der Waals surface area (Å²) in [5, 5.41) is 0.551. The molecule has 1 atom stereocenters. The van der Waals surface area contributed by atoms with E-state index in [1.807, 2.05) is 79.7 Å². The summed E-state index contributed by atoms with van der Waals surface area (Å²) in [4.78, 5) is 30.5. The summed E-state index contributed by atoms with van der Waals surface area (Å²) in [5.74, 6) is -0.242. The first-order valence-electron chi connectivity index (χ1n) is 11.0. The molecule has 0 radical (unpaired) electrons. The van der Waals surface area contributed by atoms with Crippen LogP contribution in [0.5, 0.6) is 0 Å². The van der Waals surface area contributed by atoms with Gasteiger partial charge < -0.3 is 9.80 Å². The summed E-state index contributed by atoms with van der Waals surface area (Å²) < 4.78 is -0.307. The zero-order valence-electron chi connectivity index (χ0n) is 18.8. The van der Waals surface area contributed by atoms with Gasteiger partial charge in [0.25, 0.3) is 11.8 Å². The van der Waals surface area contributed by atoms with Crippen LogP contribution < -0.4 is 4.90 Å². The highest BCUT2D eigenvalue weighted by molar-refractivity contribution is 8.02. The normalized spacial score (nSPS) is 21.0. The third-order valence-electron chi connectivity index (χ3n) is 6.22. The molecule has 2 heterocycles. The first-order chi connectivity index (χ1) is 15.7. The maximum absolute atomic E-state index is 14.3. The van der Waals surface area contributed by atoms with Gasteiger partial charge in [-0.3, -0.25) is 9.59 Å². The van der Waals surface area contributed by atoms with E-state index in [0.29, 0.717) is 23.7 Å². The lowest BCUT2D eigenvalue weighted by molar-refractivity contribution is -0.123. The van der Waals surface area contributed by atoms with Crippen LogP contribution in [0.3, 0.4) is 0 Å². The minimum atomic E-state index is -1.15. The molecule has 0 aromatic heterocycles. The number of nitrogens with zero attached hydrogens (tertiary/aromatic N) is 2. The second-order valence-corrected chi connectivity index (χ2v) is 11.6. The summed E-state index contributed by atoms with van der Waals surface area (Å²) in [6.45, 7) is 7.05. The summed E-state index contributed by atoms with van der Waals surface area (Å²) in [6.07, 6.45) is 0. The van der Waals surface area contributed by atoms with Crippen LogP contribution in [0.4, 0.5) is 5.69 Å². The number of aryl methyl sites for hydroxylation is 1. The van der Waals surface area contributed by atoms with Crippen LogP contribution >= 0.6 is 23.4 Å². The molecule has 0 aliphatic carbocycles. The van der Waals surface area contributed by atoms with Crippen molar-refractivity contribution in [3.8, 4) is 0 Å². The molecule has 2 amide bonds. The Morgan fingerprint density at radius 2 is 1.73 bits per heavy atom. The van der Waals surface area contributed by atoms with Crippen LogP contribution in [0, 0.1) is 6.92 Å². The largest absolute Gasteiger partial charge is 0.310 e. The number of carbonyl (C=O) groups is 2. The molecule has 33 heavy (non-hydrogen) atoms. The Kier molecular flexibility index (Phi) is 5.30. The number of hydrogen-bond donors (Lipinski definition) is 0. The zero-order chi connectivity index (χ0) is 23.4. The fraction of sp³-hybridized carbons (Fsp3) is 0.259. The molecule has 0 N–H and O–H groups in total. The summed E-state index contributed by atoms with van der Waals surface area (Å²) in [5.41, 5.74) is 4.28. The lowest BCUT2D eigenvalue weighted by Gasteiger charge is -2.33. The average molecular weight is 477 g/mol. The lowest BCUT2D eigenvalue weighted by atomic mass is 10.0. The van der Waals surface area contributed by atoms with Crippen LogP contribution in [0.2, 0.25) is 5.02 Å². The van der Waals surface area contributed by atoms with Crippen molar-refractivity contribution in [1.82, 2.24) is 4.90 Å². The van der Waals surface area contributed by atoms with Crippen molar-refractivity contribution in [2.24, 2.45) is 0 Å². The Morgan fingerprint density at radius 3 is 2.42 bits per heavy atom. The molecular formula is C27H25ClN2O2S. The van der Waals surface area contributed by atoms with E-state index in [2.05, 4.69) is 13.8 Å². The number of thioether (sulfide) groups is 1. The van der Waals surface area contributed by atoms with E-state index in [1.54, 1.807) is 21.6 Å². The van der Waals surface area contributed by atoms with Crippen molar-refractivity contribution in [2.45, 2.75) is 36.9 Å². The fourth-order valence-corrected chi connectivity index (χ4v) is 6.65. The first-order valence-corrected chi connectivity index (χ1v) is 12.2. The molecular weight excluding hydrogens is 452 g/mol. The van der Waals surface area contributed by atoms with Crippen molar-refractivity contribution in [3.63, 3.8) is 0 Å². The summed E-state index contributed by atoms with van der Waals surface area (Å²) in [7, 11) is 0. The standard InChI is InChI=1S/C27H25ClN2O2S/c1-18-9-11-20(12-10-18)24(31)30-17-26(2,3)33-27(30)22-15-21(28)13-14-23(22)29(25(27)32)16-19-7-5-4-6-8-19/h4-15H,16-17H2,1-3H3/t27-/m0/s1. The molecule has 1 saturated heterocycles. The van der Waals surface area contributed by atoms with E-state index < -0.39 is 4.87 Å². The van der Waals surface area contributed by atoms with Crippen molar-refractivity contribution in [2.75, 3.05) is 11.4 Å². The predicted octanol–water partition coefficient (Wildman–Crippen LogP) is 6.02. The van der Waals surface area contributed by atoms with Gasteiger partial charge in [-0.1, -0.05) is 59.6 Å². The number of amides is 2. The van der Waals surface area contributed by atoms with E-state index in [-0.39, 0.29) is 16.6 Å². The number of fused-ring (bicyclic) bond motifs is 2. The Labute approximate surface area is 203 Å². The fourth-order valence-electron chi connectivity index (χ4n) is 4.75. The molecule has 2 aliphatic heterocycles. The van der Waals surface area contributed by atoms with E-state index in [0.717, 1.165) is 22.4 Å². The number of benzene rings is 3. The molecule has 0 saturated carbocycles. The summed E-state index contributed by atoms with van der Waals surface area (Å²) in [6, 6.07) is 23.0. The van der Waals surface area contributed by atoms with E-state index in [1.165, 1.54) is 0 Å². The topological polar surface area (TPSA) is 40.6 Å². The number of rotatable bonds is 3. The molecule has 1 spiro atoms. The molecule has 4 nitrogen and oxygen atoms in total. The van der Waals surface area contributed by atoms with Crippen LogP contribution in [0.25, 0.3) is 0 Å². The number of hydrogen-bond acceptors (Lipinski definition) is 3. The molecule has 168 valence electrons. The van der Waals surface area contributed by atoms with Crippen LogP contribution in [-0.2, 0) is 16.2 Å². The van der Waals surface area contributed by atoms with Crippen molar-refractivity contribution in [1.29, 1.82) is 0 Å². The van der Waals surface area contributed by atoms with Gasteiger partial charge in [0.05, 0.1) is 12.2 Å². The van der Waals surface area contributed by atoms with E-state index in [4.69, 9.17) is 11.6 Å². The molecule has 0 bridgehead atoms. The van der Waals surface area contributed by atoms with E-state index >= 15 is 0 Å². The molecule has 1 fully saturated rings. The molecule has 0 unspecified atom stereocenters. The maximum Gasteiger partial charge on any atom is 0.268 e. The smallest absolute Gasteiger partial charge is 0.268 e.